The van der Waals surface area contributed by atoms with E-state index >= 15 is 0 Å². The van der Waals surface area contributed by atoms with E-state index in [1.54, 1.807) is 7.11 Å². The van der Waals surface area contributed by atoms with Gasteiger partial charge in [0.2, 0.25) is 0 Å². The van der Waals surface area contributed by atoms with Crippen LogP contribution in [0.2, 0.25) is 0 Å². The molecule has 0 aliphatic heterocycles. The average molecular weight is 295 g/mol. The fourth-order valence-corrected chi connectivity index (χ4v) is 2.50. The topological polar surface area (TPSA) is 97.1 Å². The lowest BCUT2D eigenvalue weighted by Gasteiger charge is -2.11. The molecule has 0 radical (unpaired) electrons. The number of fused-ring (bicyclic) bond motifs is 1. The van der Waals surface area contributed by atoms with E-state index in [1.165, 1.54) is 9.13 Å². The molecule has 0 aliphatic rings. The summed E-state index contributed by atoms with van der Waals surface area (Å²) in [5, 5.41) is 0. The van der Waals surface area contributed by atoms with Crippen LogP contribution in [-0.2, 0) is 24.4 Å². The Morgan fingerprint density at radius 3 is 2.48 bits per heavy atom. The van der Waals surface area contributed by atoms with Gasteiger partial charge in [0.1, 0.15) is 5.82 Å². The maximum Gasteiger partial charge on any atom is 0.332 e. The number of aromatic nitrogens is 4. The molecule has 0 spiro atoms. The van der Waals surface area contributed by atoms with Gasteiger partial charge in [0.15, 0.2) is 11.2 Å². The second-order valence-electron chi connectivity index (χ2n) is 4.75. The Hall–Kier alpha value is -1.93. The van der Waals surface area contributed by atoms with Crippen LogP contribution in [0.4, 0.5) is 0 Å². The van der Waals surface area contributed by atoms with Crippen molar-refractivity contribution in [2.24, 2.45) is 5.73 Å². The fraction of sp³-hybridized carbons (Fsp3) is 0.615. The zero-order valence-corrected chi connectivity index (χ0v) is 12.6. The Balaban J connectivity index is 2.86. The van der Waals surface area contributed by atoms with Crippen molar-refractivity contribution >= 4 is 11.2 Å². The summed E-state index contributed by atoms with van der Waals surface area (Å²) in [6.45, 7) is 5.50. The molecular formula is C13H21N5O3. The summed E-state index contributed by atoms with van der Waals surface area (Å²) in [5.41, 5.74) is 5.64. The highest BCUT2D eigenvalue weighted by Gasteiger charge is 2.18. The minimum atomic E-state index is -0.393. The highest BCUT2D eigenvalue weighted by atomic mass is 16.5. The molecule has 0 saturated carbocycles. The smallest absolute Gasteiger partial charge is 0.332 e. The quantitative estimate of drug-likeness (QED) is 0.759. The van der Waals surface area contributed by atoms with Gasteiger partial charge in [-0.1, -0.05) is 0 Å². The van der Waals surface area contributed by atoms with Crippen LogP contribution in [0.1, 0.15) is 12.7 Å². The number of hydrogen-bond donors (Lipinski definition) is 1. The van der Waals surface area contributed by atoms with E-state index in [4.69, 9.17) is 10.5 Å². The number of imidazole rings is 1. The molecule has 0 bridgehead atoms. The van der Waals surface area contributed by atoms with Crippen molar-refractivity contribution in [3.05, 3.63) is 26.7 Å². The van der Waals surface area contributed by atoms with E-state index in [0.29, 0.717) is 36.7 Å². The summed E-state index contributed by atoms with van der Waals surface area (Å²) < 4.78 is 9.50. The van der Waals surface area contributed by atoms with Gasteiger partial charge >= 0.3 is 5.69 Å². The van der Waals surface area contributed by atoms with Crippen LogP contribution in [0, 0.1) is 6.92 Å². The predicted molar refractivity (Wildman–Crippen MR) is 79.6 cm³/mol. The predicted octanol–water partition coefficient (Wildman–Crippen LogP) is -0.707. The molecule has 8 nitrogen and oxygen atoms in total. The van der Waals surface area contributed by atoms with Crippen molar-refractivity contribution in [1.82, 2.24) is 18.7 Å². The van der Waals surface area contributed by atoms with Crippen LogP contribution >= 0.6 is 0 Å². The van der Waals surface area contributed by atoms with Crippen LogP contribution in [0.3, 0.4) is 0 Å². The van der Waals surface area contributed by atoms with Crippen molar-refractivity contribution in [3.8, 4) is 0 Å². The first-order chi connectivity index (χ1) is 10.1. The second kappa shape index (κ2) is 6.23. The van der Waals surface area contributed by atoms with E-state index in [2.05, 4.69) is 4.98 Å². The normalized spacial score (nSPS) is 11.4. The zero-order chi connectivity index (χ0) is 15.6. The summed E-state index contributed by atoms with van der Waals surface area (Å²) in [4.78, 5) is 29.4. The molecule has 2 N–H and O–H groups in total. The van der Waals surface area contributed by atoms with Gasteiger partial charge in [0, 0.05) is 26.7 Å². The first kappa shape index (κ1) is 15.5. The minimum absolute atomic E-state index is 0.189. The second-order valence-corrected chi connectivity index (χ2v) is 4.75. The number of rotatable bonds is 6. The molecule has 2 rings (SSSR count). The van der Waals surface area contributed by atoms with Gasteiger partial charge in [-0.05, 0) is 13.8 Å². The Morgan fingerprint density at radius 2 is 1.90 bits per heavy atom. The Labute approximate surface area is 121 Å². The molecule has 0 saturated heterocycles. The lowest BCUT2D eigenvalue weighted by molar-refractivity contribution is 0.186. The number of nitrogens with zero attached hydrogens (tertiary/aromatic N) is 4. The van der Waals surface area contributed by atoms with Crippen LogP contribution < -0.4 is 17.0 Å². The number of nitrogens with two attached hydrogens (primary N) is 1. The molecule has 0 unspecified atom stereocenters. The lowest BCUT2D eigenvalue weighted by atomic mass is 10.4. The molecule has 21 heavy (non-hydrogen) atoms. The fourth-order valence-electron chi connectivity index (χ4n) is 2.50. The third-order valence-corrected chi connectivity index (χ3v) is 3.49. The standard InChI is InChI=1S/C13H21N5O3/c1-4-16-9(2)15-11-10(16)12(19)18(6-5-14)13(20)17(11)7-8-21-3/h4-8,14H2,1-3H3. The number of ether oxygens (including phenoxy) is 1. The Bertz CT molecular complexity index is 756. The van der Waals surface area contributed by atoms with Crippen LogP contribution in [0.5, 0.6) is 0 Å². The van der Waals surface area contributed by atoms with Crippen molar-refractivity contribution in [2.75, 3.05) is 20.3 Å². The summed E-state index contributed by atoms with van der Waals surface area (Å²) in [5.74, 6) is 0.709. The molecule has 8 heteroatoms. The first-order valence-corrected chi connectivity index (χ1v) is 6.96. The van der Waals surface area contributed by atoms with Gasteiger partial charge in [0.25, 0.3) is 5.56 Å². The molecule has 0 fully saturated rings. The summed E-state index contributed by atoms with van der Waals surface area (Å²) >= 11 is 0. The minimum Gasteiger partial charge on any atom is -0.383 e. The highest BCUT2D eigenvalue weighted by molar-refractivity contribution is 5.71. The molecule has 116 valence electrons. The van der Waals surface area contributed by atoms with Gasteiger partial charge in [0.05, 0.1) is 13.2 Å². The number of aryl methyl sites for hydroxylation is 2. The van der Waals surface area contributed by atoms with E-state index in [-0.39, 0.29) is 18.6 Å². The van der Waals surface area contributed by atoms with Gasteiger partial charge in [-0.15, -0.1) is 0 Å². The maximum absolute atomic E-state index is 12.6. The van der Waals surface area contributed by atoms with Crippen molar-refractivity contribution in [3.63, 3.8) is 0 Å². The van der Waals surface area contributed by atoms with Crippen LogP contribution in [0.25, 0.3) is 11.2 Å². The molecule has 2 heterocycles. The van der Waals surface area contributed by atoms with E-state index in [0.717, 1.165) is 0 Å². The molecule has 0 aromatic carbocycles. The largest absolute Gasteiger partial charge is 0.383 e. The van der Waals surface area contributed by atoms with Gasteiger partial charge < -0.3 is 15.0 Å². The monoisotopic (exact) mass is 295 g/mol. The molecule has 2 aromatic rings. The molecule has 2 aromatic heterocycles. The van der Waals surface area contributed by atoms with Gasteiger partial charge in [-0.3, -0.25) is 13.9 Å². The summed E-state index contributed by atoms with van der Waals surface area (Å²) in [7, 11) is 1.56. The first-order valence-electron chi connectivity index (χ1n) is 6.96. The Kier molecular flexibility index (Phi) is 4.59. The molecule has 0 amide bonds. The van der Waals surface area contributed by atoms with Crippen molar-refractivity contribution < 1.29 is 4.74 Å². The molecule has 0 atom stereocenters. The van der Waals surface area contributed by atoms with E-state index in [1.807, 2.05) is 18.4 Å². The zero-order valence-electron chi connectivity index (χ0n) is 12.6. The molecular weight excluding hydrogens is 274 g/mol. The van der Waals surface area contributed by atoms with Crippen LogP contribution in [-0.4, -0.2) is 38.9 Å². The van der Waals surface area contributed by atoms with Crippen LogP contribution in [0.15, 0.2) is 9.59 Å². The van der Waals surface area contributed by atoms with E-state index < -0.39 is 5.69 Å². The summed E-state index contributed by atoms with van der Waals surface area (Å²) in [6, 6.07) is 0. The Morgan fingerprint density at radius 1 is 1.19 bits per heavy atom. The highest BCUT2D eigenvalue weighted by Crippen LogP contribution is 2.10. The summed E-state index contributed by atoms with van der Waals surface area (Å²) in [6.07, 6.45) is 0. The lowest BCUT2D eigenvalue weighted by Crippen LogP contribution is -2.42. The maximum atomic E-state index is 12.6. The van der Waals surface area contributed by atoms with Crippen molar-refractivity contribution in [1.29, 1.82) is 0 Å². The number of methoxy groups -OCH3 is 1. The molecule has 0 aliphatic carbocycles. The third kappa shape index (κ3) is 2.52. The average Bonchev–Trinajstić information content (AvgIpc) is 2.80. The third-order valence-electron chi connectivity index (χ3n) is 3.49. The SMILES string of the molecule is CCn1c(C)nc2c1c(=O)n(CCN)c(=O)n2CCOC. The van der Waals surface area contributed by atoms with Gasteiger partial charge in [-0.2, -0.15) is 0 Å². The van der Waals surface area contributed by atoms with Crippen molar-refractivity contribution in [2.45, 2.75) is 33.5 Å². The van der Waals surface area contributed by atoms with E-state index in [9.17, 15) is 9.59 Å². The van der Waals surface area contributed by atoms with Gasteiger partial charge in [-0.25, -0.2) is 9.78 Å². The number of hydrogen-bond acceptors (Lipinski definition) is 5.